The van der Waals surface area contributed by atoms with Gasteiger partial charge in [-0.1, -0.05) is 170 Å². The van der Waals surface area contributed by atoms with E-state index in [1.165, 1.54) is 16.7 Å². The van der Waals surface area contributed by atoms with E-state index < -0.39 is 0 Å². The molecule has 66 heavy (non-hydrogen) atoms. The lowest BCUT2D eigenvalue weighted by Crippen LogP contribution is -2.03. The molecule has 0 radical (unpaired) electrons. The lowest BCUT2D eigenvalue weighted by atomic mass is 9.84. The molecule has 0 spiro atoms. The summed E-state index contributed by atoms with van der Waals surface area (Å²) >= 11 is 0. The minimum Gasteiger partial charge on any atom is -0.252 e. The first-order valence-electron chi connectivity index (χ1n) is 22.3. The van der Waals surface area contributed by atoms with E-state index in [-0.39, 0.29) is 5.92 Å². The number of benzene rings is 8. The molecule has 11 aromatic rings. The molecular weight excluding hydrogens is 805 g/mol. The van der Waals surface area contributed by atoms with Crippen LogP contribution >= 0.6 is 0 Å². The summed E-state index contributed by atoms with van der Waals surface area (Å²) in [7, 11) is 0. The predicted octanol–water partition coefficient (Wildman–Crippen LogP) is 14.6. The van der Waals surface area contributed by atoms with Gasteiger partial charge in [0.2, 0.25) is 0 Å². The van der Waals surface area contributed by atoms with E-state index >= 15 is 0 Å². The molecule has 0 amide bonds. The molecule has 0 saturated heterocycles. The lowest BCUT2D eigenvalue weighted by molar-refractivity contribution is 0.859. The second-order valence-corrected chi connectivity index (χ2v) is 16.7. The van der Waals surface area contributed by atoms with E-state index in [0.29, 0.717) is 5.82 Å². The second-order valence-electron chi connectivity index (χ2n) is 16.7. The van der Waals surface area contributed by atoms with E-state index in [2.05, 4.69) is 169 Å². The summed E-state index contributed by atoms with van der Waals surface area (Å²) in [4.78, 5) is 30.2. The van der Waals surface area contributed by atoms with Crippen LogP contribution in [0.1, 0.15) is 23.5 Å². The van der Waals surface area contributed by atoms with Crippen molar-refractivity contribution in [1.82, 2.24) is 29.9 Å². The predicted molar refractivity (Wildman–Crippen MR) is 269 cm³/mol. The molecule has 0 aliphatic heterocycles. The Morgan fingerprint density at radius 1 is 0.394 bits per heavy atom. The molecule has 0 fully saturated rings. The third-order valence-corrected chi connectivity index (χ3v) is 12.5. The van der Waals surface area contributed by atoms with Crippen molar-refractivity contribution in [2.24, 2.45) is 0 Å². The molecule has 0 bridgehead atoms. The zero-order valence-electron chi connectivity index (χ0n) is 35.8. The largest absolute Gasteiger partial charge is 0.252 e. The van der Waals surface area contributed by atoms with Gasteiger partial charge < -0.3 is 0 Å². The number of hydrogen-bond acceptors (Lipinski definition) is 6. The maximum absolute atomic E-state index is 5.51. The first kappa shape index (κ1) is 38.9. The van der Waals surface area contributed by atoms with Crippen LogP contribution in [0.4, 0.5) is 0 Å². The van der Waals surface area contributed by atoms with Gasteiger partial charge in [-0.2, -0.15) is 0 Å². The van der Waals surface area contributed by atoms with E-state index in [4.69, 9.17) is 24.9 Å². The number of para-hydroxylation sites is 4. The quantitative estimate of drug-likeness (QED) is 0.152. The Balaban J connectivity index is 1.05. The first-order valence-corrected chi connectivity index (χ1v) is 22.3. The van der Waals surface area contributed by atoms with Crippen LogP contribution in [0.5, 0.6) is 0 Å². The Morgan fingerprint density at radius 2 is 0.939 bits per heavy atom. The third-order valence-electron chi connectivity index (χ3n) is 12.5. The Bertz CT molecular complexity index is 3660. The summed E-state index contributed by atoms with van der Waals surface area (Å²) in [5.74, 6) is 0.774. The van der Waals surface area contributed by atoms with Crippen LogP contribution in [-0.2, 0) is 0 Å². The smallest absolute Gasteiger partial charge is 0.160 e. The summed E-state index contributed by atoms with van der Waals surface area (Å²) in [6.07, 6.45) is 11.5. The molecule has 6 heteroatoms. The molecule has 3 heterocycles. The Morgan fingerprint density at radius 3 is 1.59 bits per heavy atom. The molecule has 310 valence electrons. The SMILES string of the molecule is C1=CC(c2ccccc2)=CC(c2cc(-c3cccc(-c4ccccc4)c3)c3nc(-c4ccc(-c5cnc6ccccc6n5)cc4)nc(-c4ccc(-c5cnc6ccccc6n5)cc4)c3c2)C1. The molecule has 12 rings (SSSR count). The van der Waals surface area contributed by atoms with Crippen LogP contribution in [0.15, 0.2) is 225 Å². The monoisotopic (exact) mass is 844 g/mol. The Labute approximate surface area is 382 Å². The van der Waals surface area contributed by atoms with Gasteiger partial charge in [0.25, 0.3) is 0 Å². The van der Waals surface area contributed by atoms with Crippen LogP contribution in [0.25, 0.3) is 106 Å². The highest BCUT2D eigenvalue weighted by molar-refractivity contribution is 6.03. The van der Waals surface area contributed by atoms with Gasteiger partial charge in [-0.3, -0.25) is 9.97 Å². The second kappa shape index (κ2) is 16.8. The maximum Gasteiger partial charge on any atom is 0.160 e. The van der Waals surface area contributed by atoms with Crippen molar-refractivity contribution < 1.29 is 0 Å². The average Bonchev–Trinajstić information content (AvgIpc) is 3.40. The summed E-state index contributed by atoms with van der Waals surface area (Å²) < 4.78 is 0. The fraction of sp³-hybridized carbons (Fsp3) is 0.0333. The molecule has 6 nitrogen and oxygen atoms in total. The third kappa shape index (κ3) is 7.50. The van der Waals surface area contributed by atoms with E-state index in [1.54, 1.807) is 0 Å². The highest BCUT2D eigenvalue weighted by atomic mass is 14.9. The average molecular weight is 845 g/mol. The molecule has 8 aromatic carbocycles. The minimum atomic E-state index is 0.137. The standard InChI is InChI=1S/C60H40N6/c1-3-13-39(14-4-1)45-17-11-19-47(33-45)49-35-50(48-20-12-18-46(34-48)40-15-5-2-6-16-40)59-51(36-49)58(43-29-25-41(26-30-43)56-37-61-52-21-7-9-23-54(52)63-56)65-60(66-59)44-31-27-42(28-32-44)57-38-62-53-22-8-10-24-55(53)64-57/h1-18,20-38,47H,19H2. The van der Waals surface area contributed by atoms with Gasteiger partial charge in [-0.05, 0) is 82.3 Å². The Hall–Kier alpha value is -8.74. The van der Waals surface area contributed by atoms with Crippen molar-refractivity contribution in [1.29, 1.82) is 0 Å². The van der Waals surface area contributed by atoms with E-state index in [9.17, 15) is 0 Å². The summed E-state index contributed by atoms with van der Waals surface area (Å²) in [6, 6.07) is 67.5. The fourth-order valence-corrected chi connectivity index (χ4v) is 9.05. The first-order chi connectivity index (χ1) is 32.7. The number of rotatable bonds is 8. The fourth-order valence-electron chi connectivity index (χ4n) is 9.05. The van der Waals surface area contributed by atoms with Gasteiger partial charge in [-0.15, -0.1) is 0 Å². The van der Waals surface area contributed by atoms with Crippen LogP contribution in [0.2, 0.25) is 0 Å². The van der Waals surface area contributed by atoms with Crippen molar-refractivity contribution in [3.8, 4) is 67.4 Å². The maximum atomic E-state index is 5.51. The minimum absolute atomic E-state index is 0.137. The van der Waals surface area contributed by atoms with E-state index in [1.807, 2.05) is 60.9 Å². The van der Waals surface area contributed by atoms with Gasteiger partial charge in [0.15, 0.2) is 5.82 Å². The van der Waals surface area contributed by atoms with Crippen LogP contribution < -0.4 is 0 Å². The number of allylic oxidation sites excluding steroid dienone is 4. The van der Waals surface area contributed by atoms with Crippen LogP contribution in [0, 0.1) is 0 Å². The molecule has 0 saturated carbocycles. The molecule has 1 unspecified atom stereocenters. The molecular formula is C60H40N6. The van der Waals surface area contributed by atoms with Gasteiger partial charge in [0.1, 0.15) is 0 Å². The molecule has 1 aliphatic rings. The number of fused-ring (bicyclic) bond motifs is 3. The number of nitrogens with zero attached hydrogens (tertiary/aromatic N) is 6. The molecule has 3 aromatic heterocycles. The van der Waals surface area contributed by atoms with Crippen molar-refractivity contribution in [2.75, 3.05) is 0 Å². The Kier molecular flexibility index (Phi) is 9.87. The van der Waals surface area contributed by atoms with Gasteiger partial charge in [0, 0.05) is 39.1 Å². The number of aromatic nitrogens is 6. The molecule has 1 atom stereocenters. The lowest BCUT2D eigenvalue weighted by Gasteiger charge is -2.21. The van der Waals surface area contributed by atoms with Crippen molar-refractivity contribution >= 4 is 38.5 Å². The van der Waals surface area contributed by atoms with Crippen molar-refractivity contribution in [2.45, 2.75) is 12.3 Å². The van der Waals surface area contributed by atoms with Gasteiger partial charge in [0.05, 0.1) is 57.1 Å². The molecule has 0 N–H and O–H groups in total. The van der Waals surface area contributed by atoms with E-state index in [0.717, 1.165) is 101 Å². The zero-order valence-corrected chi connectivity index (χ0v) is 35.8. The van der Waals surface area contributed by atoms with Gasteiger partial charge >= 0.3 is 0 Å². The highest BCUT2D eigenvalue weighted by Crippen LogP contribution is 2.41. The van der Waals surface area contributed by atoms with Crippen LogP contribution in [-0.4, -0.2) is 29.9 Å². The summed E-state index contributed by atoms with van der Waals surface area (Å²) in [5, 5.41) is 0.988. The highest BCUT2D eigenvalue weighted by Gasteiger charge is 2.21. The summed E-state index contributed by atoms with van der Waals surface area (Å²) in [6.45, 7) is 0. The van der Waals surface area contributed by atoms with Crippen molar-refractivity contribution in [3.05, 3.63) is 236 Å². The molecule has 1 aliphatic carbocycles. The zero-order chi connectivity index (χ0) is 43.8. The topological polar surface area (TPSA) is 77.3 Å². The van der Waals surface area contributed by atoms with Gasteiger partial charge in [-0.25, -0.2) is 19.9 Å². The normalized spacial score (nSPS) is 13.6. The summed E-state index contributed by atoms with van der Waals surface area (Å²) in [5.41, 5.74) is 18.8. The van der Waals surface area contributed by atoms with Crippen molar-refractivity contribution in [3.63, 3.8) is 0 Å². The number of hydrogen-bond donors (Lipinski definition) is 0. The van der Waals surface area contributed by atoms with Crippen LogP contribution in [0.3, 0.4) is 0 Å².